The Morgan fingerprint density at radius 1 is 0.643 bits per heavy atom. The fourth-order valence-corrected chi connectivity index (χ4v) is 3.51. The van der Waals surface area contributed by atoms with Crippen LogP contribution in [0.2, 0.25) is 0 Å². The number of allylic oxidation sites excluding steroid dienone is 3. The molecule has 0 aliphatic heterocycles. The molecule has 0 heterocycles. The van der Waals surface area contributed by atoms with E-state index in [9.17, 15) is 8.42 Å². The highest BCUT2D eigenvalue weighted by atomic mass is 32.3. The lowest BCUT2D eigenvalue weighted by atomic mass is 10.0. The molecule has 0 fully saturated rings. The van der Waals surface area contributed by atoms with Crippen molar-refractivity contribution >= 4 is 10.4 Å². The van der Waals surface area contributed by atoms with E-state index in [1.54, 1.807) is 6.08 Å². The number of hydrogen-bond donors (Lipinski definition) is 1. The van der Waals surface area contributed by atoms with E-state index >= 15 is 0 Å². The van der Waals surface area contributed by atoms with E-state index in [2.05, 4.69) is 11.1 Å². The third-order valence-corrected chi connectivity index (χ3v) is 5.33. The molecule has 1 N–H and O–H groups in total. The van der Waals surface area contributed by atoms with Gasteiger partial charge in [-0.1, -0.05) is 122 Å². The maximum Gasteiger partial charge on any atom is 0.445 e. The molecule has 0 aliphatic carbocycles. The van der Waals surface area contributed by atoms with E-state index in [1.165, 1.54) is 109 Å². The third-order valence-electron chi connectivity index (χ3n) is 4.98. The zero-order valence-corrected chi connectivity index (χ0v) is 18.9. The van der Waals surface area contributed by atoms with Crippen LogP contribution in [-0.4, -0.2) is 13.0 Å². The molecule has 0 amide bonds. The molecule has 28 heavy (non-hydrogen) atoms. The van der Waals surface area contributed by atoms with Gasteiger partial charge in [0.25, 0.3) is 0 Å². The molecule has 0 saturated carbocycles. The Hall–Kier alpha value is -0.810. The maximum atomic E-state index is 10.3. The normalized spacial score (nSPS) is 12.4. The van der Waals surface area contributed by atoms with Crippen LogP contribution >= 0.6 is 0 Å². The average Bonchev–Trinajstić information content (AvgIpc) is 2.65. The maximum absolute atomic E-state index is 10.3. The second-order valence-corrected chi connectivity index (χ2v) is 8.77. The van der Waals surface area contributed by atoms with Crippen molar-refractivity contribution in [1.29, 1.82) is 0 Å². The Balaban J connectivity index is 3.16. The molecule has 0 aromatic rings. The Bertz CT molecular complexity index is 469. The lowest BCUT2D eigenvalue weighted by Gasteiger charge is -2.03. The fraction of sp³-hybridized carbons (Fsp3) is 0.826. The van der Waals surface area contributed by atoms with E-state index in [0.717, 1.165) is 19.1 Å². The van der Waals surface area contributed by atoms with Crippen LogP contribution in [0.5, 0.6) is 0 Å². The minimum Gasteiger partial charge on any atom is -0.370 e. The van der Waals surface area contributed by atoms with Gasteiger partial charge >= 0.3 is 10.4 Å². The average molecular weight is 417 g/mol. The first-order valence-electron chi connectivity index (χ1n) is 11.5. The highest BCUT2D eigenvalue weighted by Crippen LogP contribution is 2.14. The van der Waals surface area contributed by atoms with Crippen molar-refractivity contribution in [2.45, 2.75) is 122 Å². The van der Waals surface area contributed by atoms with Gasteiger partial charge in [0.05, 0.1) is 0 Å². The summed E-state index contributed by atoms with van der Waals surface area (Å²) in [6.45, 7) is 2.28. The molecular weight excluding hydrogens is 372 g/mol. The minimum atomic E-state index is -4.37. The van der Waals surface area contributed by atoms with Crippen LogP contribution in [-0.2, 0) is 14.6 Å². The fourth-order valence-electron chi connectivity index (χ4n) is 3.31. The predicted octanol–water partition coefficient (Wildman–Crippen LogP) is 7.92. The summed E-state index contributed by atoms with van der Waals surface area (Å²) in [7, 11) is -4.37. The van der Waals surface area contributed by atoms with Crippen LogP contribution in [0.3, 0.4) is 0 Å². The van der Waals surface area contributed by atoms with E-state index in [1.807, 2.05) is 6.08 Å². The van der Waals surface area contributed by atoms with E-state index < -0.39 is 10.4 Å². The van der Waals surface area contributed by atoms with Gasteiger partial charge in [0.15, 0.2) is 0 Å². The smallest absolute Gasteiger partial charge is 0.370 e. The lowest BCUT2D eigenvalue weighted by molar-refractivity contribution is 0.356. The van der Waals surface area contributed by atoms with Crippen LogP contribution in [0.4, 0.5) is 0 Å². The quantitative estimate of drug-likeness (QED) is 0.0893. The van der Waals surface area contributed by atoms with Crippen molar-refractivity contribution in [2.75, 3.05) is 0 Å². The number of unbranched alkanes of at least 4 members (excludes halogenated alkanes) is 17. The van der Waals surface area contributed by atoms with Gasteiger partial charge in [0.2, 0.25) is 0 Å². The Kier molecular flexibility index (Phi) is 20.3. The van der Waals surface area contributed by atoms with Gasteiger partial charge in [0.1, 0.15) is 6.26 Å². The summed E-state index contributed by atoms with van der Waals surface area (Å²) < 4.78 is 33.0. The van der Waals surface area contributed by atoms with Crippen LogP contribution in [0.15, 0.2) is 24.5 Å². The third kappa shape index (κ3) is 25.2. The van der Waals surface area contributed by atoms with Gasteiger partial charge in [-0.15, -0.1) is 0 Å². The molecule has 0 rings (SSSR count). The molecule has 0 atom stereocenters. The van der Waals surface area contributed by atoms with Crippen LogP contribution in [0.1, 0.15) is 122 Å². The Morgan fingerprint density at radius 3 is 1.43 bits per heavy atom. The number of rotatable bonds is 21. The SMILES string of the molecule is CCCCCCCCCCCCCCCCCCCC=CC=COS(=O)(=O)O. The van der Waals surface area contributed by atoms with Crippen molar-refractivity contribution in [3.63, 3.8) is 0 Å². The van der Waals surface area contributed by atoms with Gasteiger partial charge in [0, 0.05) is 0 Å². The zero-order chi connectivity index (χ0) is 20.8. The molecule has 0 saturated heterocycles. The highest BCUT2D eigenvalue weighted by molar-refractivity contribution is 7.81. The predicted molar refractivity (Wildman–Crippen MR) is 120 cm³/mol. The summed E-state index contributed by atoms with van der Waals surface area (Å²) in [4.78, 5) is 0. The largest absolute Gasteiger partial charge is 0.445 e. The van der Waals surface area contributed by atoms with Gasteiger partial charge in [-0.25, -0.2) is 0 Å². The van der Waals surface area contributed by atoms with Crippen molar-refractivity contribution in [3.8, 4) is 0 Å². The van der Waals surface area contributed by atoms with Crippen LogP contribution in [0, 0.1) is 0 Å². The Morgan fingerprint density at radius 2 is 1.04 bits per heavy atom. The van der Waals surface area contributed by atoms with Crippen molar-refractivity contribution in [2.24, 2.45) is 0 Å². The van der Waals surface area contributed by atoms with Gasteiger partial charge in [-0.2, -0.15) is 8.42 Å². The molecule has 4 nitrogen and oxygen atoms in total. The summed E-state index contributed by atoms with van der Waals surface area (Å²) in [6.07, 6.45) is 30.5. The second kappa shape index (κ2) is 20.9. The standard InChI is InChI=1S/C23H44O4S/c1-2-3-4-5-6-7-8-9-10-11-12-13-14-15-16-17-18-19-20-21-22-23-27-28(24,25)26/h20-23H,2-19H2,1H3,(H,24,25,26). The summed E-state index contributed by atoms with van der Waals surface area (Å²) in [5.74, 6) is 0. The molecule has 0 aromatic carbocycles. The first-order valence-corrected chi connectivity index (χ1v) is 12.9. The Labute approximate surface area is 174 Å². The topological polar surface area (TPSA) is 63.6 Å². The molecule has 0 aliphatic rings. The summed E-state index contributed by atoms with van der Waals surface area (Å²) in [5, 5.41) is 0. The minimum absolute atomic E-state index is 0.959. The van der Waals surface area contributed by atoms with Gasteiger partial charge in [-0.05, 0) is 18.9 Å². The molecule has 0 spiro atoms. The first-order chi connectivity index (χ1) is 13.6. The van der Waals surface area contributed by atoms with E-state index in [-0.39, 0.29) is 0 Å². The molecule has 0 aromatic heterocycles. The van der Waals surface area contributed by atoms with Crippen molar-refractivity contribution < 1.29 is 17.2 Å². The highest BCUT2D eigenvalue weighted by Gasteiger charge is 1.97. The van der Waals surface area contributed by atoms with E-state index in [0.29, 0.717) is 0 Å². The first kappa shape index (κ1) is 27.2. The summed E-state index contributed by atoms with van der Waals surface area (Å²) >= 11 is 0. The molecule has 0 radical (unpaired) electrons. The summed E-state index contributed by atoms with van der Waals surface area (Å²) in [6, 6.07) is 0. The molecule has 5 heteroatoms. The monoisotopic (exact) mass is 416 g/mol. The summed E-state index contributed by atoms with van der Waals surface area (Å²) in [5.41, 5.74) is 0. The van der Waals surface area contributed by atoms with Crippen LogP contribution < -0.4 is 0 Å². The lowest BCUT2D eigenvalue weighted by Crippen LogP contribution is -1.96. The number of hydrogen-bond acceptors (Lipinski definition) is 3. The zero-order valence-electron chi connectivity index (χ0n) is 18.1. The van der Waals surface area contributed by atoms with Gasteiger partial charge < -0.3 is 4.18 Å². The molecule has 0 unspecified atom stereocenters. The second-order valence-electron chi connectivity index (χ2n) is 7.73. The molecule has 166 valence electrons. The van der Waals surface area contributed by atoms with Crippen molar-refractivity contribution in [1.82, 2.24) is 0 Å². The van der Waals surface area contributed by atoms with E-state index in [4.69, 9.17) is 4.55 Å². The molecule has 0 bridgehead atoms. The molecular formula is C23H44O4S. The van der Waals surface area contributed by atoms with Crippen LogP contribution in [0.25, 0.3) is 0 Å². The van der Waals surface area contributed by atoms with Crippen molar-refractivity contribution in [3.05, 3.63) is 24.5 Å². The van der Waals surface area contributed by atoms with Gasteiger partial charge in [-0.3, -0.25) is 4.55 Å².